The Morgan fingerprint density at radius 3 is 3.00 bits per heavy atom. The molecular formula is C15H18ClN3O3S. The third-order valence-electron chi connectivity index (χ3n) is 3.15. The van der Waals surface area contributed by atoms with E-state index in [-0.39, 0.29) is 18.2 Å². The number of carbonyl (C=O) groups excluding carboxylic acids is 2. The highest BCUT2D eigenvalue weighted by atomic mass is 35.5. The number of ether oxygens (including phenoxy) is 1. The summed E-state index contributed by atoms with van der Waals surface area (Å²) in [6.07, 6.45) is 0.0747. The first-order chi connectivity index (χ1) is 11.0. The topological polar surface area (TPSA) is 79.8 Å². The fourth-order valence-corrected chi connectivity index (χ4v) is 3.08. The molecule has 0 saturated carbocycles. The number of methoxy groups -OCH3 is 1. The second kappa shape index (κ2) is 8.33. The Balaban J connectivity index is 1.88. The SMILES string of the molecule is COCCN=C1NC(=O)[C@@H](CC(=O)Nc2ccc(C)c(Cl)c2)S1. The van der Waals surface area contributed by atoms with Crippen molar-refractivity contribution in [2.75, 3.05) is 25.6 Å². The van der Waals surface area contributed by atoms with Gasteiger partial charge in [-0.1, -0.05) is 29.4 Å². The third-order valence-corrected chi connectivity index (χ3v) is 4.68. The van der Waals surface area contributed by atoms with Crippen molar-refractivity contribution in [1.29, 1.82) is 0 Å². The van der Waals surface area contributed by atoms with Gasteiger partial charge in [0.05, 0.1) is 13.2 Å². The predicted molar refractivity (Wildman–Crippen MR) is 93.1 cm³/mol. The molecule has 1 atom stereocenters. The summed E-state index contributed by atoms with van der Waals surface area (Å²) >= 11 is 7.29. The van der Waals surface area contributed by atoms with Crippen LogP contribution in [0.5, 0.6) is 0 Å². The summed E-state index contributed by atoms with van der Waals surface area (Å²) < 4.78 is 4.90. The number of thioether (sulfide) groups is 1. The number of aliphatic imine (C=N–C) groups is 1. The number of rotatable bonds is 6. The van der Waals surface area contributed by atoms with Crippen LogP contribution in [0.15, 0.2) is 23.2 Å². The number of nitrogens with one attached hydrogen (secondary N) is 2. The molecule has 0 bridgehead atoms. The molecule has 6 nitrogen and oxygen atoms in total. The first-order valence-electron chi connectivity index (χ1n) is 7.06. The van der Waals surface area contributed by atoms with Gasteiger partial charge in [0.2, 0.25) is 11.8 Å². The molecule has 0 spiro atoms. The summed E-state index contributed by atoms with van der Waals surface area (Å²) in [7, 11) is 1.59. The van der Waals surface area contributed by atoms with Gasteiger partial charge in [-0.25, -0.2) is 0 Å². The van der Waals surface area contributed by atoms with Crippen LogP contribution in [0.1, 0.15) is 12.0 Å². The molecule has 1 fully saturated rings. The van der Waals surface area contributed by atoms with Crippen LogP contribution in [0.2, 0.25) is 5.02 Å². The number of nitrogens with zero attached hydrogens (tertiary/aromatic N) is 1. The predicted octanol–water partition coefficient (Wildman–Crippen LogP) is 2.21. The fourth-order valence-electron chi connectivity index (χ4n) is 1.90. The number of aryl methyl sites for hydroxylation is 1. The van der Waals surface area contributed by atoms with Gasteiger partial charge in [0, 0.05) is 24.2 Å². The zero-order chi connectivity index (χ0) is 16.8. The number of benzene rings is 1. The lowest BCUT2D eigenvalue weighted by molar-refractivity contribution is -0.122. The van der Waals surface area contributed by atoms with Crippen molar-refractivity contribution in [3.05, 3.63) is 28.8 Å². The molecule has 0 unspecified atom stereocenters. The van der Waals surface area contributed by atoms with E-state index in [1.807, 2.05) is 13.0 Å². The zero-order valence-corrected chi connectivity index (χ0v) is 14.5. The molecule has 0 aromatic heterocycles. The lowest BCUT2D eigenvalue weighted by Crippen LogP contribution is -2.28. The Hall–Kier alpha value is -1.57. The van der Waals surface area contributed by atoms with Gasteiger partial charge in [0.15, 0.2) is 5.17 Å². The van der Waals surface area contributed by atoms with Gasteiger partial charge in [-0.15, -0.1) is 0 Å². The molecule has 1 aliphatic heterocycles. The minimum absolute atomic E-state index is 0.0747. The van der Waals surface area contributed by atoms with E-state index in [2.05, 4.69) is 15.6 Å². The van der Waals surface area contributed by atoms with Crippen molar-refractivity contribution in [3.8, 4) is 0 Å². The van der Waals surface area contributed by atoms with Crippen LogP contribution in [-0.4, -0.2) is 42.5 Å². The molecule has 1 aromatic carbocycles. The van der Waals surface area contributed by atoms with Crippen LogP contribution < -0.4 is 10.6 Å². The number of halogens is 1. The average Bonchev–Trinajstić information content (AvgIpc) is 2.83. The Kier molecular flexibility index (Phi) is 6.44. The van der Waals surface area contributed by atoms with E-state index in [0.717, 1.165) is 5.56 Å². The quantitative estimate of drug-likeness (QED) is 0.767. The van der Waals surface area contributed by atoms with Gasteiger partial charge >= 0.3 is 0 Å². The zero-order valence-electron chi connectivity index (χ0n) is 12.9. The second-order valence-corrected chi connectivity index (χ2v) is 6.59. The molecule has 8 heteroatoms. The summed E-state index contributed by atoms with van der Waals surface area (Å²) in [5.41, 5.74) is 1.55. The summed E-state index contributed by atoms with van der Waals surface area (Å²) in [4.78, 5) is 28.1. The van der Waals surface area contributed by atoms with Crippen LogP contribution in [0.3, 0.4) is 0 Å². The number of hydrogen-bond donors (Lipinski definition) is 2. The largest absolute Gasteiger partial charge is 0.383 e. The highest BCUT2D eigenvalue weighted by Crippen LogP contribution is 2.24. The van der Waals surface area contributed by atoms with E-state index in [9.17, 15) is 9.59 Å². The van der Waals surface area contributed by atoms with Crippen LogP contribution in [-0.2, 0) is 14.3 Å². The van der Waals surface area contributed by atoms with E-state index in [1.54, 1.807) is 19.2 Å². The highest BCUT2D eigenvalue weighted by molar-refractivity contribution is 8.15. The van der Waals surface area contributed by atoms with E-state index in [0.29, 0.717) is 29.0 Å². The van der Waals surface area contributed by atoms with Gasteiger partial charge in [-0.2, -0.15) is 0 Å². The lowest BCUT2D eigenvalue weighted by Gasteiger charge is -2.08. The fraction of sp³-hybridized carbons (Fsp3) is 0.400. The van der Waals surface area contributed by atoms with Crippen LogP contribution in [0.4, 0.5) is 5.69 Å². The lowest BCUT2D eigenvalue weighted by atomic mass is 10.2. The van der Waals surface area contributed by atoms with Crippen LogP contribution in [0, 0.1) is 6.92 Å². The molecule has 0 aliphatic carbocycles. The Labute approximate surface area is 144 Å². The van der Waals surface area contributed by atoms with Gasteiger partial charge < -0.3 is 15.4 Å². The van der Waals surface area contributed by atoms with Crippen LogP contribution >= 0.6 is 23.4 Å². The molecule has 0 radical (unpaired) electrons. The summed E-state index contributed by atoms with van der Waals surface area (Å²) in [5, 5.41) is 6.06. The third kappa shape index (κ3) is 5.23. The van der Waals surface area contributed by atoms with Gasteiger partial charge in [-0.05, 0) is 24.6 Å². The molecule has 1 saturated heterocycles. The maximum atomic E-state index is 12.1. The molecule has 124 valence electrons. The number of carbonyl (C=O) groups is 2. The van der Waals surface area contributed by atoms with Crippen molar-refractivity contribution < 1.29 is 14.3 Å². The molecule has 2 N–H and O–H groups in total. The van der Waals surface area contributed by atoms with Gasteiger partial charge in [0.1, 0.15) is 5.25 Å². The Morgan fingerprint density at radius 1 is 1.52 bits per heavy atom. The summed E-state index contributed by atoms with van der Waals surface area (Å²) in [6.45, 7) is 2.84. The maximum absolute atomic E-state index is 12.1. The van der Waals surface area contributed by atoms with Crippen molar-refractivity contribution in [3.63, 3.8) is 0 Å². The molecule has 2 amide bonds. The van der Waals surface area contributed by atoms with Gasteiger partial charge in [0.25, 0.3) is 0 Å². The van der Waals surface area contributed by atoms with Crippen molar-refractivity contribution in [2.24, 2.45) is 4.99 Å². The molecular weight excluding hydrogens is 338 g/mol. The Morgan fingerprint density at radius 2 is 2.30 bits per heavy atom. The number of amidine groups is 1. The smallest absolute Gasteiger partial charge is 0.240 e. The summed E-state index contributed by atoms with van der Waals surface area (Å²) in [6, 6.07) is 5.29. The van der Waals surface area contributed by atoms with Crippen molar-refractivity contribution in [1.82, 2.24) is 5.32 Å². The normalized spacial score (nSPS) is 19.0. The molecule has 2 rings (SSSR count). The number of hydrogen-bond acceptors (Lipinski definition) is 5. The average molecular weight is 356 g/mol. The minimum atomic E-state index is -0.475. The number of amides is 2. The van der Waals surface area contributed by atoms with E-state index >= 15 is 0 Å². The van der Waals surface area contributed by atoms with Crippen LogP contribution in [0.25, 0.3) is 0 Å². The molecule has 1 aliphatic rings. The van der Waals surface area contributed by atoms with E-state index in [1.165, 1.54) is 11.8 Å². The van der Waals surface area contributed by atoms with E-state index < -0.39 is 5.25 Å². The summed E-state index contributed by atoms with van der Waals surface area (Å²) in [5.74, 6) is -0.445. The highest BCUT2D eigenvalue weighted by Gasteiger charge is 2.31. The monoisotopic (exact) mass is 355 g/mol. The first-order valence-corrected chi connectivity index (χ1v) is 8.32. The standard InChI is InChI=1S/C15H18ClN3O3S/c1-9-3-4-10(7-11(9)16)18-13(20)8-12-14(21)19-15(23-12)17-5-6-22-2/h3-4,7,12H,5-6,8H2,1-2H3,(H,18,20)(H,17,19,21)/t12-/m1/s1. The van der Waals surface area contributed by atoms with Crippen molar-refractivity contribution in [2.45, 2.75) is 18.6 Å². The Bertz CT molecular complexity index is 636. The first kappa shape index (κ1) is 17.8. The molecule has 23 heavy (non-hydrogen) atoms. The van der Waals surface area contributed by atoms with Crippen molar-refractivity contribution >= 4 is 46.0 Å². The number of anilines is 1. The van der Waals surface area contributed by atoms with Gasteiger partial charge in [-0.3, -0.25) is 14.6 Å². The van der Waals surface area contributed by atoms with E-state index in [4.69, 9.17) is 16.3 Å². The maximum Gasteiger partial charge on any atom is 0.240 e. The molecule has 1 heterocycles. The minimum Gasteiger partial charge on any atom is -0.383 e. The molecule has 1 aromatic rings. The second-order valence-electron chi connectivity index (χ2n) is 4.99.